The Morgan fingerprint density at radius 1 is 1.06 bits per heavy atom. The largest absolute Gasteiger partial charge is 0.496 e. The van der Waals surface area contributed by atoms with Crippen LogP contribution in [-0.4, -0.2) is 62.0 Å². The van der Waals surface area contributed by atoms with E-state index >= 15 is 0 Å². The summed E-state index contributed by atoms with van der Waals surface area (Å²) < 4.78 is 8.95. The van der Waals surface area contributed by atoms with Gasteiger partial charge in [-0.15, -0.1) is 10.2 Å². The van der Waals surface area contributed by atoms with E-state index in [0.717, 1.165) is 11.1 Å². The van der Waals surface area contributed by atoms with Crippen LogP contribution in [0.15, 0.2) is 58.5 Å². The molecule has 2 aromatic carbocycles. The lowest BCUT2D eigenvalue weighted by Gasteiger charge is -2.13. The first kappa shape index (κ1) is 22.0. The molecular formula is C23H22N6O4S. The Morgan fingerprint density at radius 2 is 1.85 bits per heavy atom. The number of urea groups is 1. The van der Waals surface area contributed by atoms with E-state index in [-0.39, 0.29) is 30.6 Å². The molecule has 2 aromatic heterocycles. The van der Waals surface area contributed by atoms with E-state index in [4.69, 9.17) is 4.74 Å². The van der Waals surface area contributed by atoms with Gasteiger partial charge in [0.25, 0.3) is 5.56 Å². The van der Waals surface area contributed by atoms with Crippen molar-refractivity contribution in [1.29, 1.82) is 0 Å². The fourth-order valence-corrected chi connectivity index (χ4v) is 4.90. The second-order valence-electron chi connectivity index (χ2n) is 7.74. The van der Waals surface area contributed by atoms with E-state index in [9.17, 15) is 14.4 Å². The molecule has 0 atom stereocenters. The Morgan fingerprint density at radius 3 is 2.65 bits per heavy atom. The molecule has 0 saturated carbocycles. The normalized spacial score (nSPS) is 13.7. The van der Waals surface area contributed by atoms with Crippen molar-refractivity contribution in [1.82, 2.24) is 29.4 Å². The number of nitrogens with zero attached hydrogens (tertiary/aromatic N) is 5. The van der Waals surface area contributed by atoms with Crippen LogP contribution in [0.5, 0.6) is 5.75 Å². The molecule has 0 radical (unpaired) electrons. The van der Waals surface area contributed by atoms with Crippen LogP contribution in [0.3, 0.4) is 0 Å². The Hall–Kier alpha value is -3.86. The van der Waals surface area contributed by atoms with Gasteiger partial charge in [-0.05, 0) is 24.6 Å². The zero-order valence-corrected chi connectivity index (χ0v) is 19.2. The third-order valence-electron chi connectivity index (χ3n) is 5.69. The fourth-order valence-electron chi connectivity index (χ4n) is 4.04. The lowest BCUT2D eigenvalue weighted by Crippen LogP contribution is -2.32. The Bertz CT molecular complexity index is 1450. The molecule has 4 aromatic rings. The minimum atomic E-state index is -0.353. The minimum Gasteiger partial charge on any atom is -0.496 e. The molecule has 3 heterocycles. The van der Waals surface area contributed by atoms with Crippen LogP contribution >= 0.6 is 11.8 Å². The molecule has 1 aliphatic heterocycles. The number of ether oxygens (including phenoxy) is 1. The molecule has 1 fully saturated rings. The van der Waals surface area contributed by atoms with E-state index < -0.39 is 0 Å². The zero-order valence-electron chi connectivity index (χ0n) is 18.4. The average Bonchev–Trinajstić information content (AvgIpc) is 3.42. The first-order valence-electron chi connectivity index (χ1n) is 10.8. The zero-order chi connectivity index (χ0) is 23.7. The van der Waals surface area contributed by atoms with E-state index in [1.807, 2.05) is 46.9 Å². The maximum absolute atomic E-state index is 13.4. The Kier molecular flexibility index (Phi) is 5.93. The second-order valence-corrected chi connectivity index (χ2v) is 8.81. The molecule has 1 saturated heterocycles. The topological polar surface area (TPSA) is 111 Å². The fraction of sp³-hybridized carbons (Fsp3) is 0.261. The van der Waals surface area contributed by atoms with E-state index in [1.165, 1.54) is 16.7 Å². The monoisotopic (exact) mass is 478 g/mol. The Balaban J connectivity index is 1.48. The summed E-state index contributed by atoms with van der Waals surface area (Å²) in [5.74, 6) is 1.54. The number of aromatic nitrogens is 4. The van der Waals surface area contributed by atoms with Crippen molar-refractivity contribution in [2.24, 2.45) is 0 Å². The van der Waals surface area contributed by atoms with Crippen molar-refractivity contribution in [3.05, 3.63) is 64.4 Å². The quantitative estimate of drug-likeness (QED) is 0.235. The number of amides is 3. The predicted octanol–water partition coefficient (Wildman–Crippen LogP) is 2.14. The Labute approximate surface area is 198 Å². The van der Waals surface area contributed by atoms with Gasteiger partial charge in [-0.2, -0.15) is 0 Å². The average molecular weight is 479 g/mol. The predicted molar refractivity (Wildman–Crippen MR) is 127 cm³/mol. The van der Waals surface area contributed by atoms with Crippen molar-refractivity contribution < 1.29 is 14.3 Å². The maximum Gasteiger partial charge on any atom is 0.324 e. The summed E-state index contributed by atoms with van der Waals surface area (Å²) in [6.45, 7) is 0.677. The molecule has 0 unspecified atom stereocenters. The van der Waals surface area contributed by atoms with Gasteiger partial charge in [0.15, 0.2) is 5.16 Å². The number of methoxy groups -OCH3 is 1. The highest BCUT2D eigenvalue weighted by Crippen LogP contribution is 2.24. The number of para-hydroxylation sites is 2. The van der Waals surface area contributed by atoms with Gasteiger partial charge in [0.05, 0.1) is 31.1 Å². The van der Waals surface area contributed by atoms with Crippen molar-refractivity contribution in [2.45, 2.75) is 18.1 Å². The summed E-state index contributed by atoms with van der Waals surface area (Å²) >= 11 is 1.47. The molecule has 5 rings (SSSR count). The van der Waals surface area contributed by atoms with Crippen LogP contribution in [0.2, 0.25) is 0 Å². The molecule has 1 aliphatic rings. The molecular weight excluding hydrogens is 456 g/mol. The molecule has 10 nitrogen and oxygen atoms in total. The van der Waals surface area contributed by atoms with Gasteiger partial charge in [0.2, 0.25) is 11.7 Å². The van der Waals surface area contributed by atoms with Crippen LogP contribution in [0.25, 0.3) is 16.7 Å². The standard InChI is InChI=1S/C23H22N6O4S/c1-33-18-10-5-2-7-15(18)14-28-20(31)16-8-3-4-9-17(16)29-21(28)25-26-23(29)34-12-6-11-27-19(30)13-24-22(27)32/h2-5,7-10H,6,11-14H2,1H3,(H,24,32). The number of hydrogen-bond donors (Lipinski definition) is 1. The second kappa shape index (κ2) is 9.18. The van der Waals surface area contributed by atoms with Crippen LogP contribution in [0.1, 0.15) is 12.0 Å². The van der Waals surface area contributed by atoms with Gasteiger partial charge < -0.3 is 10.1 Å². The summed E-state index contributed by atoms with van der Waals surface area (Å²) in [5.41, 5.74) is 1.42. The smallest absolute Gasteiger partial charge is 0.324 e. The molecule has 34 heavy (non-hydrogen) atoms. The molecule has 11 heteroatoms. The number of nitrogens with one attached hydrogen (secondary N) is 1. The van der Waals surface area contributed by atoms with Crippen LogP contribution < -0.4 is 15.6 Å². The molecule has 0 aliphatic carbocycles. The molecule has 3 amide bonds. The number of carbonyl (C=O) groups excluding carboxylic acids is 2. The highest BCUT2D eigenvalue weighted by molar-refractivity contribution is 7.99. The van der Waals surface area contributed by atoms with Crippen LogP contribution in [-0.2, 0) is 11.3 Å². The number of fused-ring (bicyclic) bond motifs is 3. The lowest BCUT2D eigenvalue weighted by atomic mass is 10.2. The third kappa shape index (κ3) is 3.87. The minimum absolute atomic E-state index is 0.0521. The van der Waals surface area contributed by atoms with E-state index in [1.54, 1.807) is 17.7 Å². The van der Waals surface area contributed by atoms with Gasteiger partial charge in [0.1, 0.15) is 5.75 Å². The number of imide groups is 1. The van der Waals surface area contributed by atoms with Gasteiger partial charge >= 0.3 is 6.03 Å². The number of hydrogen-bond acceptors (Lipinski definition) is 7. The van der Waals surface area contributed by atoms with Crippen molar-refractivity contribution in [2.75, 3.05) is 26.0 Å². The number of rotatable bonds is 8. The van der Waals surface area contributed by atoms with Gasteiger partial charge in [-0.25, -0.2) is 4.79 Å². The maximum atomic E-state index is 13.4. The SMILES string of the molecule is COc1ccccc1Cn1c(=O)c2ccccc2n2c(SCCCN3C(=O)CNC3=O)nnc12. The molecule has 174 valence electrons. The summed E-state index contributed by atoms with van der Waals surface area (Å²) in [6, 6.07) is 14.6. The molecule has 0 spiro atoms. The number of benzene rings is 2. The molecule has 1 N–H and O–H groups in total. The van der Waals surface area contributed by atoms with Crippen molar-refractivity contribution >= 4 is 40.4 Å². The highest BCUT2D eigenvalue weighted by Gasteiger charge is 2.27. The van der Waals surface area contributed by atoms with Gasteiger partial charge in [0, 0.05) is 17.9 Å². The van der Waals surface area contributed by atoms with Crippen LogP contribution in [0, 0.1) is 0 Å². The van der Waals surface area contributed by atoms with E-state index in [0.29, 0.717) is 40.8 Å². The van der Waals surface area contributed by atoms with Crippen molar-refractivity contribution in [3.8, 4) is 5.75 Å². The molecule has 0 bridgehead atoms. The van der Waals surface area contributed by atoms with E-state index in [2.05, 4.69) is 15.5 Å². The van der Waals surface area contributed by atoms with Crippen LogP contribution in [0.4, 0.5) is 4.79 Å². The number of thioether (sulfide) groups is 1. The summed E-state index contributed by atoms with van der Waals surface area (Å²) in [6.07, 6.45) is 0.609. The van der Waals surface area contributed by atoms with Crippen molar-refractivity contribution in [3.63, 3.8) is 0 Å². The number of carbonyl (C=O) groups is 2. The van der Waals surface area contributed by atoms with Gasteiger partial charge in [-0.1, -0.05) is 42.1 Å². The third-order valence-corrected chi connectivity index (χ3v) is 6.71. The van der Waals surface area contributed by atoms with Gasteiger partial charge in [-0.3, -0.25) is 23.5 Å². The lowest BCUT2D eigenvalue weighted by molar-refractivity contribution is -0.124. The summed E-state index contributed by atoms with van der Waals surface area (Å²) in [5, 5.41) is 12.4. The summed E-state index contributed by atoms with van der Waals surface area (Å²) in [7, 11) is 1.60. The summed E-state index contributed by atoms with van der Waals surface area (Å²) in [4.78, 5) is 38.1. The highest BCUT2D eigenvalue weighted by atomic mass is 32.2. The first-order chi connectivity index (χ1) is 16.6. The first-order valence-corrected chi connectivity index (χ1v) is 11.8.